The van der Waals surface area contributed by atoms with Crippen LogP contribution in [-0.4, -0.2) is 0 Å². The van der Waals surface area contributed by atoms with Crippen LogP contribution in [0.15, 0.2) is 62.0 Å². The first kappa shape index (κ1) is 12.0. The molecule has 0 fully saturated rings. The molecule has 0 saturated carbocycles. The van der Waals surface area contributed by atoms with Gasteiger partial charge in [0.2, 0.25) is 0 Å². The van der Waals surface area contributed by atoms with Crippen molar-refractivity contribution in [2.45, 2.75) is 25.8 Å². The Morgan fingerprint density at radius 1 is 0.722 bits per heavy atom. The van der Waals surface area contributed by atoms with E-state index in [1.54, 1.807) is 6.07 Å². The minimum Gasteiger partial charge on any atom is -0.166 e. The molecule has 18 heavy (non-hydrogen) atoms. The molecule has 1 heterocycles. The third-order valence-corrected chi connectivity index (χ3v) is 5.18. The van der Waals surface area contributed by atoms with E-state index in [4.69, 9.17) is 0 Å². The first-order valence-electron chi connectivity index (χ1n) is 5.20. The van der Waals surface area contributed by atoms with Crippen LogP contribution in [0, 0.1) is 0 Å². The summed E-state index contributed by atoms with van der Waals surface area (Å²) in [4.78, 5) is 2.88. The summed E-state index contributed by atoms with van der Waals surface area (Å²) in [6.07, 6.45) is -4.30. The van der Waals surface area contributed by atoms with Crippen LogP contribution in [0.1, 0.15) is 5.56 Å². The van der Waals surface area contributed by atoms with Crippen molar-refractivity contribution < 1.29 is 13.2 Å². The van der Waals surface area contributed by atoms with Crippen molar-refractivity contribution in [3.8, 4) is 0 Å². The summed E-state index contributed by atoms with van der Waals surface area (Å²) >= 11 is 2.59. The predicted octanol–water partition coefficient (Wildman–Crippen LogP) is 5.32. The SMILES string of the molecule is FC(F)(F)c1cccc2c1Sc1ccccc1S2. The Morgan fingerprint density at radius 2 is 1.33 bits per heavy atom. The third kappa shape index (κ3) is 2.01. The molecule has 3 rings (SSSR count). The van der Waals surface area contributed by atoms with E-state index < -0.39 is 11.7 Å². The quantitative estimate of drug-likeness (QED) is 0.548. The van der Waals surface area contributed by atoms with Crippen LogP contribution in [0.5, 0.6) is 0 Å². The summed E-state index contributed by atoms with van der Waals surface area (Å²) in [5.41, 5.74) is -0.549. The molecule has 2 aromatic rings. The van der Waals surface area contributed by atoms with Crippen LogP contribution in [0.4, 0.5) is 13.2 Å². The van der Waals surface area contributed by atoms with Gasteiger partial charge in [0.15, 0.2) is 0 Å². The zero-order valence-electron chi connectivity index (χ0n) is 8.99. The van der Waals surface area contributed by atoms with E-state index in [2.05, 4.69) is 0 Å². The van der Waals surface area contributed by atoms with Crippen LogP contribution >= 0.6 is 23.5 Å². The van der Waals surface area contributed by atoms with E-state index in [0.717, 1.165) is 15.9 Å². The van der Waals surface area contributed by atoms with Gasteiger partial charge in [-0.1, -0.05) is 41.7 Å². The lowest BCUT2D eigenvalue weighted by atomic mass is 10.2. The molecule has 5 heteroatoms. The summed E-state index contributed by atoms with van der Waals surface area (Å²) in [5.74, 6) is 0. The van der Waals surface area contributed by atoms with Crippen LogP contribution in [0.2, 0.25) is 0 Å². The molecule has 92 valence electrons. The fraction of sp³-hybridized carbons (Fsp3) is 0.0769. The summed E-state index contributed by atoms with van der Waals surface area (Å²) in [7, 11) is 0. The molecule has 0 radical (unpaired) electrons. The van der Waals surface area contributed by atoms with Crippen LogP contribution in [0.25, 0.3) is 0 Å². The Kier molecular flexibility index (Phi) is 2.83. The molecule has 2 aromatic carbocycles. The van der Waals surface area contributed by atoms with Crippen LogP contribution in [0.3, 0.4) is 0 Å². The van der Waals surface area contributed by atoms with Gasteiger partial charge in [-0.25, -0.2) is 0 Å². The van der Waals surface area contributed by atoms with E-state index in [1.807, 2.05) is 24.3 Å². The Hall–Kier alpha value is -1.07. The lowest BCUT2D eigenvalue weighted by Crippen LogP contribution is -2.08. The minimum absolute atomic E-state index is 0.314. The Bertz CT molecular complexity index is 605. The average molecular weight is 284 g/mol. The number of alkyl halides is 3. The van der Waals surface area contributed by atoms with Gasteiger partial charge in [-0.2, -0.15) is 13.2 Å². The highest BCUT2D eigenvalue weighted by atomic mass is 32.2. The highest BCUT2D eigenvalue weighted by Gasteiger charge is 2.35. The maximum atomic E-state index is 12.9. The summed E-state index contributed by atoms with van der Waals surface area (Å²) in [6.45, 7) is 0. The van der Waals surface area contributed by atoms with Crippen molar-refractivity contribution in [2.24, 2.45) is 0 Å². The van der Waals surface area contributed by atoms with Gasteiger partial charge < -0.3 is 0 Å². The average Bonchev–Trinajstić information content (AvgIpc) is 2.34. The van der Waals surface area contributed by atoms with Gasteiger partial charge in [-0.15, -0.1) is 0 Å². The van der Waals surface area contributed by atoms with Crippen LogP contribution in [-0.2, 0) is 6.18 Å². The number of fused-ring (bicyclic) bond motifs is 2. The molecule has 0 N–H and O–H groups in total. The smallest absolute Gasteiger partial charge is 0.166 e. The largest absolute Gasteiger partial charge is 0.417 e. The molecule has 0 aliphatic carbocycles. The van der Waals surface area contributed by atoms with E-state index in [9.17, 15) is 13.2 Å². The number of halogens is 3. The molecule has 0 bridgehead atoms. The molecule has 0 amide bonds. The van der Waals surface area contributed by atoms with Gasteiger partial charge >= 0.3 is 6.18 Å². The minimum atomic E-state index is -4.30. The second-order valence-electron chi connectivity index (χ2n) is 3.78. The van der Waals surface area contributed by atoms with Crippen molar-refractivity contribution in [1.29, 1.82) is 0 Å². The van der Waals surface area contributed by atoms with Crippen molar-refractivity contribution in [3.63, 3.8) is 0 Å². The molecular formula is C13H7F3S2. The van der Waals surface area contributed by atoms with Crippen molar-refractivity contribution in [1.82, 2.24) is 0 Å². The fourth-order valence-electron chi connectivity index (χ4n) is 1.77. The van der Waals surface area contributed by atoms with E-state index in [0.29, 0.717) is 9.79 Å². The fourth-order valence-corrected chi connectivity index (χ4v) is 4.17. The van der Waals surface area contributed by atoms with Crippen molar-refractivity contribution in [3.05, 3.63) is 48.0 Å². The zero-order valence-corrected chi connectivity index (χ0v) is 10.6. The first-order chi connectivity index (χ1) is 8.55. The van der Waals surface area contributed by atoms with Crippen molar-refractivity contribution >= 4 is 23.5 Å². The molecule has 1 aliphatic heterocycles. The highest BCUT2D eigenvalue weighted by Crippen LogP contribution is 2.52. The van der Waals surface area contributed by atoms with Gasteiger partial charge in [-0.3, -0.25) is 0 Å². The molecular weight excluding hydrogens is 277 g/mol. The Balaban J connectivity index is 2.14. The van der Waals surface area contributed by atoms with Gasteiger partial charge in [0.1, 0.15) is 0 Å². The molecule has 0 atom stereocenters. The normalized spacial score (nSPS) is 13.9. The summed E-state index contributed by atoms with van der Waals surface area (Å²) < 4.78 is 38.8. The number of hydrogen-bond acceptors (Lipinski definition) is 2. The Labute approximate surface area is 111 Å². The van der Waals surface area contributed by atoms with E-state index >= 15 is 0 Å². The lowest BCUT2D eigenvalue weighted by molar-refractivity contribution is -0.140. The second-order valence-corrected chi connectivity index (χ2v) is 5.92. The van der Waals surface area contributed by atoms with Gasteiger partial charge in [0, 0.05) is 19.6 Å². The van der Waals surface area contributed by atoms with E-state index in [1.165, 1.54) is 29.6 Å². The standard InChI is InChI=1S/C13H7F3S2/c14-13(15,16)8-4-3-7-11-12(8)18-10-6-2-1-5-9(10)17-11/h1-7H. The van der Waals surface area contributed by atoms with Gasteiger partial charge in [0.25, 0.3) is 0 Å². The maximum Gasteiger partial charge on any atom is 0.417 e. The predicted molar refractivity (Wildman–Crippen MR) is 66.1 cm³/mol. The maximum absolute atomic E-state index is 12.9. The molecule has 1 aliphatic rings. The topological polar surface area (TPSA) is 0 Å². The highest BCUT2D eigenvalue weighted by molar-refractivity contribution is 8.05. The molecule has 0 unspecified atom stereocenters. The molecule has 0 nitrogen and oxygen atoms in total. The summed E-state index contributed by atoms with van der Waals surface area (Å²) in [6, 6.07) is 11.8. The van der Waals surface area contributed by atoms with Crippen molar-refractivity contribution in [2.75, 3.05) is 0 Å². The molecule has 0 saturated heterocycles. The number of hydrogen-bond donors (Lipinski definition) is 0. The first-order valence-corrected chi connectivity index (χ1v) is 6.84. The second kappa shape index (κ2) is 4.24. The van der Waals surface area contributed by atoms with Gasteiger partial charge in [-0.05, 0) is 24.3 Å². The summed E-state index contributed by atoms with van der Waals surface area (Å²) in [5, 5.41) is 0. The zero-order chi connectivity index (χ0) is 12.8. The number of benzene rings is 2. The molecule has 0 aromatic heterocycles. The lowest BCUT2D eigenvalue weighted by Gasteiger charge is -2.21. The third-order valence-electron chi connectivity index (χ3n) is 2.57. The van der Waals surface area contributed by atoms with Crippen LogP contribution < -0.4 is 0 Å². The monoisotopic (exact) mass is 284 g/mol. The van der Waals surface area contributed by atoms with E-state index in [-0.39, 0.29) is 0 Å². The Morgan fingerprint density at radius 3 is 2.00 bits per heavy atom. The molecule has 0 spiro atoms. The van der Waals surface area contributed by atoms with Gasteiger partial charge in [0.05, 0.1) is 5.56 Å². The number of rotatable bonds is 0.